The van der Waals surface area contributed by atoms with Crippen LogP contribution in [0.2, 0.25) is 0 Å². The number of ether oxygens (including phenoxy) is 6. The largest absolute Gasteiger partial charge is 0.459 e. The molecule has 0 N–H and O–H groups in total. The van der Waals surface area contributed by atoms with E-state index in [1.165, 1.54) is 6.92 Å². The number of benzene rings is 5. The van der Waals surface area contributed by atoms with E-state index in [0.717, 1.165) is 27.8 Å². The molecule has 5 aromatic carbocycles. The number of nitrogens with zero attached hydrogens (tertiary/aromatic N) is 3. The van der Waals surface area contributed by atoms with E-state index in [9.17, 15) is 10.3 Å². The van der Waals surface area contributed by atoms with Crippen molar-refractivity contribution in [3.63, 3.8) is 0 Å². The molecule has 54 heavy (non-hydrogen) atoms. The van der Waals surface area contributed by atoms with Crippen molar-refractivity contribution in [2.45, 2.75) is 76.0 Å². The zero-order chi connectivity index (χ0) is 37.4. The number of rotatable bonds is 18. The van der Waals surface area contributed by atoms with E-state index in [4.69, 9.17) is 28.4 Å². The van der Waals surface area contributed by atoms with Gasteiger partial charge in [-0.3, -0.25) is 4.79 Å². The van der Waals surface area contributed by atoms with Gasteiger partial charge in [0, 0.05) is 11.8 Å². The quantitative estimate of drug-likeness (QED) is 0.0384. The molecule has 5 aromatic rings. The highest BCUT2D eigenvalue weighted by Crippen LogP contribution is 2.43. The predicted molar refractivity (Wildman–Crippen MR) is 204 cm³/mol. The first-order valence-corrected chi connectivity index (χ1v) is 18.0. The lowest BCUT2D eigenvalue weighted by molar-refractivity contribution is -0.305. The maximum absolute atomic E-state index is 13.1. The van der Waals surface area contributed by atoms with Crippen LogP contribution in [0, 0.1) is 0 Å². The molecule has 0 amide bonds. The van der Waals surface area contributed by atoms with Crippen molar-refractivity contribution in [2.24, 2.45) is 5.11 Å². The summed E-state index contributed by atoms with van der Waals surface area (Å²) in [5.74, 6) is -0.596. The van der Waals surface area contributed by atoms with Crippen LogP contribution in [0.1, 0.15) is 34.7 Å². The van der Waals surface area contributed by atoms with Gasteiger partial charge in [0.1, 0.15) is 24.4 Å². The number of hydrogen-bond acceptors (Lipinski definition) is 8. The Morgan fingerprint density at radius 1 is 0.574 bits per heavy atom. The molecule has 278 valence electrons. The fourth-order valence-corrected chi connectivity index (χ4v) is 6.77. The van der Waals surface area contributed by atoms with Crippen LogP contribution in [0.3, 0.4) is 0 Å². The number of hydrogen-bond donors (Lipinski definition) is 0. The van der Waals surface area contributed by atoms with Crippen LogP contribution in [-0.2, 0) is 66.3 Å². The second-order valence-corrected chi connectivity index (χ2v) is 13.2. The Morgan fingerprint density at radius 3 is 1.43 bits per heavy atom. The Kier molecular flexibility index (Phi) is 14.0. The molecule has 6 rings (SSSR count). The van der Waals surface area contributed by atoms with Crippen molar-refractivity contribution in [3.05, 3.63) is 190 Å². The highest BCUT2D eigenvalue weighted by atomic mass is 16.6. The summed E-state index contributed by atoms with van der Waals surface area (Å²) in [5, 5.41) is 4.29. The number of esters is 1. The van der Waals surface area contributed by atoms with Crippen molar-refractivity contribution in [3.8, 4) is 0 Å². The monoisotopic (exact) mass is 727 g/mol. The second-order valence-electron chi connectivity index (χ2n) is 13.2. The van der Waals surface area contributed by atoms with E-state index < -0.39 is 42.0 Å². The SMILES string of the molecule is CC(=O)O[C@H]1[C@H](N=[N+]=[N-])[C@H](OCc2ccccc2)[C@@H](OCc2ccccc2)[C@H](OCc2ccccc2)[C@]1(COCc1ccccc1)OCc1ccccc1. The fraction of sp³-hybridized carbons (Fsp3) is 0.295. The lowest BCUT2D eigenvalue weighted by atomic mass is 9.73. The number of carbonyl (C=O) groups is 1. The Morgan fingerprint density at radius 2 is 0.981 bits per heavy atom. The minimum absolute atomic E-state index is 0.0996. The van der Waals surface area contributed by atoms with Gasteiger partial charge in [-0.1, -0.05) is 157 Å². The summed E-state index contributed by atoms with van der Waals surface area (Å²) in [7, 11) is 0. The van der Waals surface area contributed by atoms with Gasteiger partial charge in [-0.25, -0.2) is 0 Å². The average Bonchev–Trinajstić information content (AvgIpc) is 3.21. The third-order valence-corrected chi connectivity index (χ3v) is 9.34. The molecule has 0 spiro atoms. The van der Waals surface area contributed by atoms with Gasteiger partial charge >= 0.3 is 5.97 Å². The lowest BCUT2D eigenvalue weighted by Gasteiger charge is -2.55. The van der Waals surface area contributed by atoms with Crippen LogP contribution in [0.5, 0.6) is 0 Å². The first kappa shape index (κ1) is 38.4. The van der Waals surface area contributed by atoms with E-state index >= 15 is 0 Å². The van der Waals surface area contributed by atoms with Gasteiger partial charge in [-0.2, -0.15) is 0 Å². The van der Waals surface area contributed by atoms with Crippen LogP contribution in [0.4, 0.5) is 0 Å². The number of azide groups is 1. The van der Waals surface area contributed by atoms with E-state index in [2.05, 4.69) is 10.0 Å². The summed E-state index contributed by atoms with van der Waals surface area (Å²) < 4.78 is 40.3. The van der Waals surface area contributed by atoms with Gasteiger partial charge < -0.3 is 28.4 Å². The zero-order valence-corrected chi connectivity index (χ0v) is 30.3. The normalized spacial score (nSPS) is 22.2. The van der Waals surface area contributed by atoms with Crippen molar-refractivity contribution in [2.75, 3.05) is 6.61 Å². The summed E-state index contributed by atoms with van der Waals surface area (Å²) in [6, 6.07) is 47.5. The molecule has 6 atom stereocenters. The van der Waals surface area contributed by atoms with E-state index in [1.54, 1.807) is 0 Å². The third-order valence-electron chi connectivity index (χ3n) is 9.34. The molecule has 0 unspecified atom stereocenters. The van der Waals surface area contributed by atoms with Crippen LogP contribution in [0.25, 0.3) is 10.4 Å². The highest BCUT2D eigenvalue weighted by molar-refractivity contribution is 5.66. The topological polar surface area (TPSA) is 121 Å². The second kappa shape index (κ2) is 19.7. The minimum Gasteiger partial charge on any atom is -0.459 e. The minimum atomic E-state index is -1.57. The fourth-order valence-electron chi connectivity index (χ4n) is 6.77. The van der Waals surface area contributed by atoms with Gasteiger partial charge in [0.15, 0.2) is 5.60 Å². The molecular weight excluding hydrogens is 682 g/mol. The van der Waals surface area contributed by atoms with Gasteiger partial charge in [-0.15, -0.1) is 0 Å². The molecule has 10 heteroatoms. The molecule has 0 bridgehead atoms. The summed E-state index contributed by atoms with van der Waals surface area (Å²) in [4.78, 5) is 16.4. The molecule has 0 aromatic heterocycles. The maximum Gasteiger partial charge on any atom is 0.303 e. The molecule has 0 heterocycles. The van der Waals surface area contributed by atoms with Crippen molar-refractivity contribution < 1.29 is 33.2 Å². The van der Waals surface area contributed by atoms with Crippen molar-refractivity contribution >= 4 is 5.97 Å². The van der Waals surface area contributed by atoms with Crippen LogP contribution in [-0.4, -0.2) is 48.6 Å². The Labute approximate surface area is 316 Å². The maximum atomic E-state index is 13.1. The standard InChI is InChI=1S/C44H45N3O7/c1-33(48)54-42-39(46-47-45)40(50-28-35-19-9-3-10-20-35)41(51-29-36-21-11-4-12-22-36)43(52-30-37-23-13-5-14-24-37)44(42,53-31-38-25-15-6-16-26-38)32-49-27-34-17-7-2-8-18-34/h2-26,39-43H,27-32H2,1H3/t39-,40+,41-,42+,43+,44-/m1/s1. The molecule has 1 aliphatic carbocycles. The predicted octanol–water partition coefficient (Wildman–Crippen LogP) is 8.54. The summed E-state index contributed by atoms with van der Waals surface area (Å²) in [6.45, 7) is 2.04. The van der Waals surface area contributed by atoms with Crippen molar-refractivity contribution in [1.82, 2.24) is 0 Å². The molecule has 1 saturated carbocycles. The van der Waals surface area contributed by atoms with E-state index in [0.29, 0.717) is 0 Å². The first-order valence-electron chi connectivity index (χ1n) is 18.0. The Hall–Kier alpha value is -5.32. The van der Waals surface area contributed by atoms with Crippen molar-refractivity contribution in [1.29, 1.82) is 0 Å². The van der Waals surface area contributed by atoms with Crippen LogP contribution in [0.15, 0.2) is 157 Å². The number of carbonyl (C=O) groups excluding carboxylic acids is 1. The van der Waals surface area contributed by atoms with Crippen LogP contribution < -0.4 is 0 Å². The van der Waals surface area contributed by atoms with Gasteiger partial charge in [0.05, 0.1) is 45.7 Å². The van der Waals surface area contributed by atoms with Gasteiger partial charge in [0.25, 0.3) is 0 Å². The lowest BCUT2D eigenvalue weighted by Crippen LogP contribution is -2.74. The Balaban J connectivity index is 1.49. The molecular formula is C44H45N3O7. The van der Waals surface area contributed by atoms with Gasteiger partial charge in [0.2, 0.25) is 0 Å². The Bertz CT molecular complexity index is 1900. The molecule has 0 saturated heterocycles. The summed E-state index contributed by atoms with van der Waals surface area (Å²) in [6.07, 6.45) is -4.05. The zero-order valence-electron chi connectivity index (χ0n) is 30.3. The van der Waals surface area contributed by atoms with E-state index in [1.807, 2.05) is 152 Å². The highest BCUT2D eigenvalue weighted by Gasteiger charge is 2.64. The smallest absolute Gasteiger partial charge is 0.303 e. The molecule has 10 nitrogen and oxygen atoms in total. The third kappa shape index (κ3) is 10.2. The molecule has 1 fully saturated rings. The van der Waals surface area contributed by atoms with Crippen LogP contribution >= 0.6 is 0 Å². The molecule has 0 aliphatic heterocycles. The van der Waals surface area contributed by atoms with E-state index in [-0.39, 0.29) is 39.6 Å². The summed E-state index contributed by atoms with van der Waals surface area (Å²) >= 11 is 0. The molecule has 1 aliphatic rings. The average molecular weight is 728 g/mol. The summed E-state index contributed by atoms with van der Waals surface area (Å²) in [5.41, 5.74) is 13.1. The molecule has 0 radical (unpaired) electrons. The first-order chi connectivity index (χ1) is 26.6. The van der Waals surface area contributed by atoms with Gasteiger partial charge in [-0.05, 0) is 33.3 Å².